The van der Waals surface area contributed by atoms with Gasteiger partial charge in [0.1, 0.15) is 7.28 Å². The molecule has 2 rings (SSSR count). The van der Waals surface area contributed by atoms with Gasteiger partial charge in [-0.15, -0.1) is 0 Å². The maximum Gasteiger partial charge on any atom is 0.106 e. The zero-order chi connectivity index (χ0) is 17.0. The van der Waals surface area contributed by atoms with E-state index in [2.05, 4.69) is 44.5 Å². The van der Waals surface area contributed by atoms with Crippen molar-refractivity contribution in [2.75, 3.05) is 6.54 Å². The summed E-state index contributed by atoms with van der Waals surface area (Å²) in [6, 6.07) is 6.92. The van der Waals surface area contributed by atoms with Crippen LogP contribution in [0, 0.1) is 5.92 Å². The molecule has 1 fully saturated rings. The molecule has 1 radical (unpaired) electrons. The molecule has 1 saturated carbocycles. The Bertz CT molecular complexity index is 451. The SMILES string of the molecule is C[B]CCc1cccc(CCC)c1CNCCCC1CCCCC1. The van der Waals surface area contributed by atoms with E-state index in [-0.39, 0.29) is 0 Å². The molecule has 24 heavy (non-hydrogen) atoms. The lowest BCUT2D eigenvalue weighted by molar-refractivity contribution is 0.330. The smallest absolute Gasteiger partial charge is 0.106 e. The van der Waals surface area contributed by atoms with Crippen molar-refractivity contribution >= 4 is 7.28 Å². The first-order valence-corrected chi connectivity index (χ1v) is 10.4. The van der Waals surface area contributed by atoms with Gasteiger partial charge in [-0.05, 0) is 54.8 Å². The van der Waals surface area contributed by atoms with Crippen LogP contribution in [-0.2, 0) is 19.4 Å². The third kappa shape index (κ3) is 6.63. The normalized spacial score (nSPS) is 15.6. The Morgan fingerprint density at radius 3 is 2.54 bits per heavy atom. The lowest BCUT2D eigenvalue weighted by Crippen LogP contribution is -2.18. The molecule has 0 heterocycles. The third-order valence-corrected chi connectivity index (χ3v) is 5.58. The van der Waals surface area contributed by atoms with Gasteiger partial charge in [-0.3, -0.25) is 0 Å². The van der Waals surface area contributed by atoms with E-state index in [1.54, 1.807) is 16.7 Å². The summed E-state index contributed by atoms with van der Waals surface area (Å²) in [5.74, 6) is 1.02. The van der Waals surface area contributed by atoms with Crippen LogP contribution in [0.4, 0.5) is 0 Å². The fourth-order valence-corrected chi connectivity index (χ4v) is 4.16. The summed E-state index contributed by atoms with van der Waals surface area (Å²) in [5, 5.41) is 3.75. The van der Waals surface area contributed by atoms with E-state index < -0.39 is 0 Å². The Hall–Kier alpha value is -0.755. The van der Waals surface area contributed by atoms with Crippen LogP contribution in [-0.4, -0.2) is 13.8 Å². The number of hydrogen-bond donors (Lipinski definition) is 1. The highest BCUT2D eigenvalue weighted by atomic mass is 14.8. The zero-order valence-corrected chi connectivity index (χ0v) is 16.1. The van der Waals surface area contributed by atoms with Gasteiger partial charge in [0, 0.05) is 6.54 Å². The van der Waals surface area contributed by atoms with Gasteiger partial charge < -0.3 is 5.32 Å². The summed E-state index contributed by atoms with van der Waals surface area (Å²) in [6.45, 7) is 6.68. The second kappa shape index (κ2) is 11.7. The summed E-state index contributed by atoms with van der Waals surface area (Å²) in [6.07, 6.45) is 15.0. The van der Waals surface area contributed by atoms with E-state index in [0.29, 0.717) is 0 Å². The van der Waals surface area contributed by atoms with E-state index in [1.807, 2.05) is 0 Å². The van der Waals surface area contributed by atoms with E-state index in [9.17, 15) is 0 Å². The lowest BCUT2D eigenvalue weighted by Gasteiger charge is -2.21. The summed E-state index contributed by atoms with van der Waals surface area (Å²) in [7, 11) is 2.29. The monoisotopic (exact) mass is 326 g/mol. The largest absolute Gasteiger partial charge is 0.313 e. The van der Waals surface area contributed by atoms with Gasteiger partial charge in [0.25, 0.3) is 0 Å². The molecule has 1 aliphatic carbocycles. The summed E-state index contributed by atoms with van der Waals surface area (Å²) in [5.41, 5.74) is 4.70. The molecular formula is C22H37BN. The fourth-order valence-electron chi connectivity index (χ4n) is 4.16. The van der Waals surface area contributed by atoms with Crippen molar-refractivity contribution in [1.29, 1.82) is 0 Å². The minimum atomic E-state index is 1.02. The van der Waals surface area contributed by atoms with Gasteiger partial charge in [0.05, 0.1) is 0 Å². The van der Waals surface area contributed by atoms with Gasteiger partial charge in [0.15, 0.2) is 0 Å². The van der Waals surface area contributed by atoms with Gasteiger partial charge >= 0.3 is 0 Å². The lowest BCUT2D eigenvalue weighted by atomic mass is 9.75. The molecule has 1 aromatic rings. The van der Waals surface area contributed by atoms with Crippen molar-refractivity contribution in [3.8, 4) is 0 Å². The number of aryl methyl sites for hydroxylation is 2. The summed E-state index contributed by atoms with van der Waals surface area (Å²) < 4.78 is 0. The highest BCUT2D eigenvalue weighted by Crippen LogP contribution is 2.27. The average Bonchev–Trinajstić information content (AvgIpc) is 2.62. The van der Waals surface area contributed by atoms with Crippen molar-refractivity contribution in [2.24, 2.45) is 5.92 Å². The van der Waals surface area contributed by atoms with E-state index in [1.165, 1.54) is 77.1 Å². The fraction of sp³-hybridized carbons (Fsp3) is 0.727. The van der Waals surface area contributed by atoms with Crippen LogP contribution in [0.3, 0.4) is 0 Å². The highest BCUT2D eigenvalue weighted by molar-refractivity contribution is 6.33. The Morgan fingerprint density at radius 2 is 1.83 bits per heavy atom. The van der Waals surface area contributed by atoms with Crippen LogP contribution in [0.2, 0.25) is 13.1 Å². The van der Waals surface area contributed by atoms with Crippen LogP contribution in [0.15, 0.2) is 18.2 Å². The molecular weight excluding hydrogens is 289 g/mol. The predicted molar refractivity (Wildman–Crippen MR) is 108 cm³/mol. The zero-order valence-electron chi connectivity index (χ0n) is 16.1. The Morgan fingerprint density at radius 1 is 1.08 bits per heavy atom. The van der Waals surface area contributed by atoms with Gasteiger partial charge in [-0.25, -0.2) is 0 Å². The number of rotatable bonds is 11. The first-order valence-electron chi connectivity index (χ1n) is 10.4. The van der Waals surface area contributed by atoms with E-state index in [0.717, 1.165) is 12.5 Å². The standard InChI is InChI=1S/C22H37BN/c1-3-9-20-13-7-14-21(15-16-23-2)22(20)18-24-17-8-12-19-10-5-4-6-11-19/h7,13-14,19,24H,3-6,8-12,15-18H2,1-2H3. The minimum absolute atomic E-state index is 1.02. The minimum Gasteiger partial charge on any atom is -0.313 e. The van der Waals surface area contributed by atoms with Crippen molar-refractivity contribution in [3.05, 3.63) is 34.9 Å². The van der Waals surface area contributed by atoms with Crippen LogP contribution in [0.25, 0.3) is 0 Å². The van der Waals surface area contributed by atoms with Gasteiger partial charge in [-0.2, -0.15) is 0 Å². The molecule has 0 aromatic heterocycles. The number of benzene rings is 1. The molecule has 1 aliphatic rings. The topological polar surface area (TPSA) is 12.0 Å². The molecule has 1 N–H and O–H groups in total. The van der Waals surface area contributed by atoms with Crippen LogP contribution >= 0.6 is 0 Å². The van der Waals surface area contributed by atoms with E-state index in [4.69, 9.17) is 0 Å². The molecule has 133 valence electrons. The Kier molecular flexibility index (Phi) is 9.57. The molecule has 0 amide bonds. The van der Waals surface area contributed by atoms with Crippen LogP contribution in [0.1, 0.15) is 75.0 Å². The highest BCUT2D eigenvalue weighted by Gasteiger charge is 2.12. The quantitative estimate of drug-likeness (QED) is 0.400. The molecule has 0 bridgehead atoms. The molecule has 1 aromatic carbocycles. The predicted octanol–water partition coefficient (Wildman–Crippen LogP) is 5.80. The maximum atomic E-state index is 3.75. The van der Waals surface area contributed by atoms with Crippen LogP contribution in [0.5, 0.6) is 0 Å². The molecule has 0 unspecified atom stereocenters. The second-order valence-corrected chi connectivity index (χ2v) is 7.57. The van der Waals surface area contributed by atoms with E-state index >= 15 is 0 Å². The van der Waals surface area contributed by atoms with Crippen molar-refractivity contribution in [3.63, 3.8) is 0 Å². The Balaban J connectivity index is 1.80. The molecule has 2 heteroatoms. The number of nitrogens with one attached hydrogen (secondary N) is 1. The molecule has 0 spiro atoms. The summed E-state index contributed by atoms with van der Waals surface area (Å²) in [4.78, 5) is 0. The first-order chi connectivity index (χ1) is 11.8. The molecule has 0 saturated heterocycles. The van der Waals surface area contributed by atoms with Gasteiger partial charge in [0.2, 0.25) is 0 Å². The molecule has 1 nitrogen and oxygen atoms in total. The molecule has 0 atom stereocenters. The number of hydrogen-bond acceptors (Lipinski definition) is 1. The first kappa shape index (κ1) is 19.6. The third-order valence-electron chi connectivity index (χ3n) is 5.58. The Labute approximate surface area is 151 Å². The van der Waals surface area contributed by atoms with Crippen molar-refractivity contribution in [2.45, 2.75) is 90.8 Å². The van der Waals surface area contributed by atoms with Crippen LogP contribution < -0.4 is 5.32 Å². The van der Waals surface area contributed by atoms with Gasteiger partial charge in [-0.1, -0.05) is 76.8 Å². The second-order valence-electron chi connectivity index (χ2n) is 7.57. The van der Waals surface area contributed by atoms with Crippen molar-refractivity contribution in [1.82, 2.24) is 5.32 Å². The maximum absolute atomic E-state index is 3.75. The average molecular weight is 326 g/mol. The summed E-state index contributed by atoms with van der Waals surface area (Å²) >= 11 is 0. The van der Waals surface area contributed by atoms with Crippen molar-refractivity contribution < 1.29 is 0 Å². The molecule has 0 aliphatic heterocycles.